The van der Waals surface area contributed by atoms with E-state index in [-0.39, 0.29) is 17.0 Å². The highest BCUT2D eigenvalue weighted by atomic mass is 35.5. The summed E-state index contributed by atoms with van der Waals surface area (Å²) in [6.45, 7) is 0. The first kappa shape index (κ1) is 14.5. The molecule has 0 unspecified atom stereocenters. The van der Waals surface area contributed by atoms with Crippen LogP contribution in [0.4, 0.5) is 17.6 Å². The Morgan fingerprint density at radius 2 is 1.85 bits per heavy atom. The third-order valence-electron chi connectivity index (χ3n) is 2.39. The topological polar surface area (TPSA) is 35.0 Å². The normalized spacial score (nSPS) is 11.5. The Hall–Kier alpha value is -1.89. The fourth-order valence-corrected chi connectivity index (χ4v) is 1.75. The summed E-state index contributed by atoms with van der Waals surface area (Å²) in [5.41, 5.74) is -0.115. The second-order valence-corrected chi connectivity index (χ2v) is 4.13. The molecule has 1 heterocycles. The number of hydrogen-bond donors (Lipinski definition) is 0. The van der Waals surface area contributed by atoms with Gasteiger partial charge in [0.2, 0.25) is 5.82 Å². The van der Waals surface area contributed by atoms with Crippen molar-refractivity contribution < 1.29 is 22.3 Å². The van der Waals surface area contributed by atoms with Crippen LogP contribution in [0.5, 0.6) is 5.75 Å². The van der Waals surface area contributed by atoms with E-state index in [1.54, 1.807) is 0 Å². The van der Waals surface area contributed by atoms with E-state index in [4.69, 9.17) is 16.3 Å². The van der Waals surface area contributed by atoms with Crippen molar-refractivity contribution in [3.05, 3.63) is 41.1 Å². The molecule has 0 saturated carbocycles. The molecule has 0 fully saturated rings. The Morgan fingerprint density at radius 3 is 2.45 bits per heavy atom. The van der Waals surface area contributed by atoms with E-state index in [2.05, 4.69) is 9.97 Å². The van der Waals surface area contributed by atoms with Gasteiger partial charge in [-0.15, -0.1) is 0 Å². The zero-order valence-corrected chi connectivity index (χ0v) is 10.8. The number of halogens is 5. The predicted molar refractivity (Wildman–Crippen MR) is 64.0 cm³/mol. The zero-order valence-electron chi connectivity index (χ0n) is 10.0. The second kappa shape index (κ2) is 5.24. The quantitative estimate of drug-likeness (QED) is 0.622. The average Bonchev–Trinajstić information content (AvgIpc) is 2.37. The van der Waals surface area contributed by atoms with Crippen LogP contribution < -0.4 is 4.74 Å². The van der Waals surface area contributed by atoms with Gasteiger partial charge in [0.25, 0.3) is 0 Å². The molecule has 0 aliphatic rings. The standard InChI is InChI=1S/C12H7ClF4N2O/c1-20-9-3-2-6(14)4-7(9)8-5-10(13)19-11(18-8)12(15,16)17/h2-5H,1H3. The van der Waals surface area contributed by atoms with Crippen molar-refractivity contribution in [1.29, 1.82) is 0 Å². The highest BCUT2D eigenvalue weighted by Crippen LogP contribution is 2.33. The lowest BCUT2D eigenvalue weighted by Gasteiger charge is -2.11. The number of benzene rings is 1. The van der Waals surface area contributed by atoms with Gasteiger partial charge in [-0.2, -0.15) is 13.2 Å². The van der Waals surface area contributed by atoms with E-state index >= 15 is 0 Å². The molecule has 1 aromatic carbocycles. The molecule has 2 aromatic rings. The molecule has 0 N–H and O–H groups in total. The lowest BCUT2D eigenvalue weighted by molar-refractivity contribution is -0.144. The summed E-state index contributed by atoms with van der Waals surface area (Å²) in [6, 6.07) is 4.52. The molecule has 2 rings (SSSR count). The average molecular weight is 307 g/mol. The zero-order chi connectivity index (χ0) is 14.9. The van der Waals surface area contributed by atoms with Gasteiger partial charge in [-0.1, -0.05) is 11.6 Å². The molecule has 20 heavy (non-hydrogen) atoms. The van der Waals surface area contributed by atoms with Crippen LogP contribution in [0.15, 0.2) is 24.3 Å². The van der Waals surface area contributed by atoms with E-state index in [1.165, 1.54) is 13.2 Å². The summed E-state index contributed by atoms with van der Waals surface area (Å²) in [6.07, 6.45) is -4.75. The number of aromatic nitrogens is 2. The molecule has 1 aromatic heterocycles. The first-order valence-electron chi connectivity index (χ1n) is 5.27. The first-order chi connectivity index (χ1) is 9.31. The predicted octanol–water partition coefficient (Wildman–Crippen LogP) is 3.96. The van der Waals surface area contributed by atoms with E-state index in [9.17, 15) is 17.6 Å². The van der Waals surface area contributed by atoms with Gasteiger partial charge in [-0.05, 0) is 18.2 Å². The van der Waals surface area contributed by atoms with Crippen molar-refractivity contribution >= 4 is 11.6 Å². The minimum atomic E-state index is -4.75. The summed E-state index contributed by atoms with van der Waals surface area (Å²) in [7, 11) is 1.31. The maximum Gasteiger partial charge on any atom is 0.451 e. The maximum atomic E-state index is 13.3. The van der Waals surface area contributed by atoms with Crippen molar-refractivity contribution in [2.45, 2.75) is 6.18 Å². The van der Waals surface area contributed by atoms with E-state index < -0.39 is 23.0 Å². The molecule has 0 radical (unpaired) electrons. The molecule has 0 aliphatic heterocycles. The Kier molecular flexibility index (Phi) is 3.80. The van der Waals surface area contributed by atoms with Gasteiger partial charge in [0.05, 0.1) is 12.8 Å². The van der Waals surface area contributed by atoms with Gasteiger partial charge >= 0.3 is 6.18 Å². The molecule has 0 atom stereocenters. The maximum absolute atomic E-state index is 13.3. The summed E-state index contributed by atoms with van der Waals surface area (Å²) in [5, 5.41) is -0.395. The van der Waals surface area contributed by atoms with Crippen molar-refractivity contribution in [2.24, 2.45) is 0 Å². The molecule has 3 nitrogen and oxygen atoms in total. The molecular formula is C12H7ClF4N2O. The second-order valence-electron chi connectivity index (χ2n) is 3.74. The summed E-state index contributed by atoms with van der Waals surface area (Å²) in [5.74, 6) is -1.86. The van der Waals surface area contributed by atoms with Crippen molar-refractivity contribution in [1.82, 2.24) is 9.97 Å². The Morgan fingerprint density at radius 1 is 1.15 bits per heavy atom. The molecule has 0 spiro atoms. The smallest absolute Gasteiger partial charge is 0.451 e. The van der Waals surface area contributed by atoms with E-state index in [1.807, 2.05) is 0 Å². The number of hydrogen-bond acceptors (Lipinski definition) is 3. The lowest BCUT2D eigenvalue weighted by Crippen LogP contribution is -2.11. The summed E-state index contributed by atoms with van der Waals surface area (Å²) >= 11 is 5.56. The molecule has 0 aliphatic carbocycles. The van der Waals surface area contributed by atoms with Gasteiger partial charge in [-0.3, -0.25) is 0 Å². The fraction of sp³-hybridized carbons (Fsp3) is 0.167. The van der Waals surface area contributed by atoms with Crippen molar-refractivity contribution in [3.8, 4) is 17.0 Å². The van der Waals surface area contributed by atoms with Crippen LogP contribution in [-0.4, -0.2) is 17.1 Å². The Balaban J connectivity index is 2.64. The minimum absolute atomic E-state index is 0.0577. The van der Waals surface area contributed by atoms with Crippen LogP contribution in [0, 0.1) is 5.82 Å². The molecule has 0 amide bonds. The molecule has 0 saturated heterocycles. The van der Waals surface area contributed by atoms with E-state index in [0.717, 1.165) is 18.2 Å². The highest BCUT2D eigenvalue weighted by molar-refractivity contribution is 6.29. The number of rotatable bonds is 2. The number of methoxy groups -OCH3 is 1. The van der Waals surface area contributed by atoms with Crippen LogP contribution in [-0.2, 0) is 6.18 Å². The van der Waals surface area contributed by atoms with Gasteiger partial charge in [0.15, 0.2) is 0 Å². The van der Waals surface area contributed by atoms with Crippen LogP contribution in [0.2, 0.25) is 5.15 Å². The van der Waals surface area contributed by atoms with Crippen LogP contribution >= 0.6 is 11.6 Å². The van der Waals surface area contributed by atoms with Crippen molar-refractivity contribution in [2.75, 3.05) is 7.11 Å². The Labute approximate surface area is 116 Å². The monoisotopic (exact) mass is 306 g/mol. The van der Waals surface area contributed by atoms with Gasteiger partial charge in [0, 0.05) is 11.6 Å². The van der Waals surface area contributed by atoms with E-state index in [0.29, 0.717) is 0 Å². The molecule has 8 heteroatoms. The molecular weight excluding hydrogens is 300 g/mol. The number of nitrogens with zero attached hydrogens (tertiary/aromatic N) is 2. The largest absolute Gasteiger partial charge is 0.496 e. The van der Waals surface area contributed by atoms with Crippen molar-refractivity contribution in [3.63, 3.8) is 0 Å². The number of ether oxygens (including phenoxy) is 1. The fourth-order valence-electron chi connectivity index (χ4n) is 1.56. The minimum Gasteiger partial charge on any atom is -0.496 e. The molecule has 106 valence electrons. The van der Waals surface area contributed by atoms with Crippen LogP contribution in [0.25, 0.3) is 11.3 Å². The van der Waals surface area contributed by atoms with Crippen LogP contribution in [0.3, 0.4) is 0 Å². The third kappa shape index (κ3) is 2.98. The van der Waals surface area contributed by atoms with Gasteiger partial charge < -0.3 is 4.74 Å². The summed E-state index contributed by atoms with van der Waals surface area (Å²) < 4.78 is 56.1. The number of alkyl halides is 3. The molecule has 0 bridgehead atoms. The third-order valence-corrected chi connectivity index (χ3v) is 2.58. The Bertz CT molecular complexity index is 646. The summed E-state index contributed by atoms with van der Waals surface area (Å²) in [4.78, 5) is 6.46. The van der Waals surface area contributed by atoms with Gasteiger partial charge in [-0.25, -0.2) is 14.4 Å². The van der Waals surface area contributed by atoms with Gasteiger partial charge in [0.1, 0.15) is 16.7 Å². The lowest BCUT2D eigenvalue weighted by atomic mass is 10.1. The van der Waals surface area contributed by atoms with Crippen LogP contribution in [0.1, 0.15) is 5.82 Å². The SMILES string of the molecule is COc1ccc(F)cc1-c1cc(Cl)nc(C(F)(F)F)n1. The highest BCUT2D eigenvalue weighted by Gasteiger charge is 2.35. The first-order valence-corrected chi connectivity index (χ1v) is 5.65.